The first-order valence-corrected chi connectivity index (χ1v) is 7.48. The summed E-state index contributed by atoms with van der Waals surface area (Å²) in [6.45, 7) is 6.88. The fourth-order valence-electron chi connectivity index (χ4n) is 2.95. The second-order valence-corrected chi connectivity index (χ2v) is 5.55. The molecular formula is C16H22N4O. The number of pyridine rings is 1. The number of hydrogen-bond acceptors (Lipinski definition) is 5. The van der Waals surface area contributed by atoms with E-state index in [0.29, 0.717) is 5.52 Å². The molecule has 0 bridgehead atoms. The summed E-state index contributed by atoms with van der Waals surface area (Å²) in [5, 5.41) is 10.9. The molecule has 0 saturated carbocycles. The van der Waals surface area contributed by atoms with Crippen LogP contribution < -0.4 is 5.73 Å². The Morgan fingerprint density at radius 2 is 1.86 bits per heavy atom. The Kier molecular flexibility index (Phi) is 4.34. The van der Waals surface area contributed by atoms with Crippen LogP contribution in [0.1, 0.15) is 5.56 Å². The maximum atomic E-state index is 9.90. The first-order chi connectivity index (χ1) is 10.3. The molecule has 1 aromatic heterocycles. The number of piperazine rings is 1. The van der Waals surface area contributed by atoms with Crippen LogP contribution in [-0.4, -0.2) is 59.2 Å². The van der Waals surface area contributed by atoms with E-state index in [0.717, 1.165) is 51.2 Å². The number of nitrogens with two attached hydrogens (primary N) is 1. The van der Waals surface area contributed by atoms with Gasteiger partial charge in [-0.1, -0.05) is 12.1 Å². The fourth-order valence-corrected chi connectivity index (χ4v) is 2.95. The number of aromatic nitrogens is 1. The van der Waals surface area contributed by atoms with Gasteiger partial charge in [-0.15, -0.1) is 0 Å². The van der Waals surface area contributed by atoms with Crippen LogP contribution in [0.5, 0.6) is 5.75 Å². The largest absolute Gasteiger partial charge is 0.506 e. The number of fused-ring (bicyclic) bond motifs is 1. The topological polar surface area (TPSA) is 65.6 Å². The third kappa shape index (κ3) is 3.15. The Morgan fingerprint density at radius 3 is 2.62 bits per heavy atom. The predicted molar refractivity (Wildman–Crippen MR) is 84.2 cm³/mol. The van der Waals surface area contributed by atoms with E-state index in [1.165, 1.54) is 5.56 Å². The molecule has 2 aromatic rings. The number of rotatable bonds is 4. The summed E-state index contributed by atoms with van der Waals surface area (Å²) >= 11 is 0. The van der Waals surface area contributed by atoms with Crippen molar-refractivity contribution in [3.8, 4) is 5.75 Å². The van der Waals surface area contributed by atoms with Crippen molar-refractivity contribution in [2.75, 3.05) is 39.3 Å². The summed E-state index contributed by atoms with van der Waals surface area (Å²) in [6, 6.07) is 7.70. The van der Waals surface area contributed by atoms with Crippen LogP contribution in [0.2, 0.25) is 0 Å². The number of phenols is 1. The molecule has 3 N–H and O–H groups in total. The molecule has 1 saturated heterocycles. The summed E-state index contributed by atoms with van der Waals surface area (Å²) in [5.41, 5.74) is 7.52. The van der Waals surface area contributed by atoms with Gasteiger partial charge < -0.3 is 10.8 Å². The lowest BCUT2D eigenvalue weighted by atomic mass is 10.1. The van der Waals surface area contributed by atoms with Gasteiger partial charge in [-0.3, -0.25) is 14.8 Å². The summed E-state index contributed by atoms with van der Waals surface area (Å²) in [7, 11) is 0. The van der Waals surface area contributed by atoms with Crippen molar-refractivity contribution in [3.05, 3.63) is 36.0 Å². The molecule has 0 radical (unpaired) electrons. The lowest BCUT2D eigenvalue weighted by molar-refractivity contribution is 0.130. The highest BCUT2D eigenvalue weighted by molar-refractivity contribution is 5.87. The van der Waals surface area contributed by atoms with Crippen molar-refractivity contribution in [1.82, 2.24) is 14.8 Å². The highest BCUT2D eigenvalue weighted by Crippen LogP contribution is 2.26. The first kappa shape index (κ1) is 14.3. The van der Waals surface area contributed by atoms with E-state index in [1.54, 1.807) is 12.3 Å². The Hall–Kier alpha value is -1.69. The van der Waals surface area contributed by atoms with Crippen LogP contribution in [0, 0.1) is 0 Å². The van der Waals surface area contributed by atoms with Gasteiger partial charge >= 0.3 is 0 Å². The molecule has 112 valence electrons. The minimum atomic E-state index is 0.252. The van der Waals surface area contributed by atoms with Gasteiger partial charge in [0.2, 0.25) is 0 Å². The average molecular weight is 286 g/mol. The molecule has 0 amide bonds. The normalized spacial score (nSPS) is 17.4. The van der Waals surface area contributed by atoms with Crippen molar-refractivity contribution >= 4 is 10.9 Å². The van der Waals surface area contributed by atoms with Crippen molar-refractivity contribution in [1.29, 1.82) is 0 Å². The molecule has 5 nitrogen and oxygen atoms in total. The van der Waals surface area contributed by atoms with Gasteiger partial charge in [-0.2, -0.15) is 0 Å². The number of nitrogens with zero attached hydrogens (tertiary/aromatic N) is 3. The summed E-state index contributed by atoms with van der Waals surface area (Å²) in [6.07, 6.45) is 1.72. The van der Waals surface area contributed by atoms with Crippen LogP contribution in [0.15, 0.2) is 30.5 Å². The maximum Gasteiger partial charge on any atom is 0.141 e. The molecule has 1 aliphatic heterocycles. The van der Waals surface area contributed by atoms with Gasteiger partial charge in [-0.05, 0) is 17.7 Å². The molecule has 0 aliphatic carbocycles. The Bertz CT molecular complexity index is 608. The summed E-state index contributed by atoms with van der Waals surface area (Å²) in [5.74, 6) is 0.252. The highest BCUT2D eigenvalue weighted by atomic mass is 16.3. The minimum Gasteiger partial charge on any atom is -0.506 e. The van der Waals surface area contributed by atoms with Gasteiger partial charge in [-0.25, -0.2) is 0 Å². The Morgan fingerprint density at radius 1 is 1.10 bits per heavy atom. The second-order valence-electron chi connectivity index (χ2n) is 5.55. The average Bonchev–Trinajstić information content (AvgIpc) is 2.52. The molecule has 1 aliphatic rings. The monoisotopic (exact) mass is 286 g/mol. The zero-order valence-corrected chi connectivity index (χ0v) is 12.2. The zero-order chi connectivity index (χ0) is 14.7. The Balaban J connectivity index is 1.73. The third-order valence-electron chi connectivity index (χ3n) is 4.14. The lowest BCUT2D eigenvalue weighted by Gasteiger charge is -2.34. The Labute approximate surface area is 125 Å². The van der Waals surface area contributed by atoms with E-state index in [9.17, 15) is 5.11 Å². The molecule has 1 aromatic carbocycles. The number of phenolic OH excluding ortho intramolecular Hbond substituents is 1. The standard InChI is InChI=1S/C16H22N4O/c17-5-7-19-8-10-20(11-9-19)12-13-3-4-15(21)16-14(13)2-1-6-18-16/h1-4,6,21H,5,7-12,17H2. The van der Waals surface area contributed by atoms with Crippen LogP contribution in [0.4, 0.5) is 0 Å². The van der Waals surface area contributed by atoms with Crippen LogP contribution >= 0.6 is 0 Å². The van der Waals surface area contributed by atoms with Gasteiger partial charge in [0.15, 0.2) is 0 Å². The fraction of sp³-hybridized carbons (Fsp3) is 0.438. The van der Waals surface area contributed by atoms with Crippen LogP contribution in [-0.2, 0) is 6.54 Å². The van der Waals surface area contributed by atoms with E-state index in [1.807, 2.05) is 18.2 Å². The SMILES string of the molecule is NCCN1CCN(Cc2ccc(O)c3ncccc23)CC1. The van der Waals surface area contributed by atoms with Crippen molar-refractivity contribution < 1.29 is 5.11 Å². The maximum absolute atomic E-state index is 9.90. The smallest absolute Gasteiger partial charge is 0.141 e. The van der Waals surface area contributed by atoms with Gasteiger partial charge in [0.25, 0.3) is 0 Å². The van der Waals surface area contributed by atoms with E-state index >= 15 is 0 Å². The lowest BCUT2D eigenvalue weighted by Crippen LogP contribution is -2.47. The third-order valence-corrected chi connectivity index (χ3v) is 4.14. The van der Waals surface area contributed by atoms with E-state index in [2.05, 4.69) is 14.8 Å². The summed E-state index contributed by atoms with van der Waals surface area (Å²) < 4.78 is 0. The molecule has 0 unspecified atom stereocenters. The molecule has 2 heterocycles. The first-order valence-electron chi connectivity index (χ1n) is 7.48. The quantitative estimate of drug-likeness (QED) is 0.878. The van der Waals surface area contributed by atoms with Crippen molar-refractivity contribution in [2.45, 2.75) is 6.54 Å². The number of hydrogen-bond donors (Lipinski definition) is 2. The highest BCUT2D eigenvalue weighted by Gasteiger charge is 2.17. The molecule has 3 rings (SSSR count). The predicted octanol–water partition coefficient (Wildman–Crippen LogP) is 1.02. The van der Waals surface area contributed by atoms with E-state index < -0.39 is 0 Å². The van der Waals surface area contributed by atoms with E-state index in [-0.39, 0.29) is 5.75 Å². The van der Waals surface area contributed by atoms with Crippen molar-refractivity contribution in [3.63, 3.8) is 0 Å². The van der Waals surface area contributed by atoms with Crippen molar-refractivity contribution in [2.24, 2.45) is 5.73 Å². The molecule has 21 heavy (non-hydrogen) atoms. The second kappa shape index (κ2) is 6.39. The molecule has 1 fully saturated rings. The van der Waals surface area contributed by atoms with Gasteiger partial charge in [0, 0.05) is 57.4 Å². The molecule has 5 heteroatoms. The summed E-state index contributed by atoms with van der Waals surface area (Å²) in [4.78, 5) is 9.14. The number of benzene rings is 1. The molecular weight excluding hydrogens is 264 g/mol. The molecule has 0 spiro atoms. The molecule has 0 atom stereocenters. The van der Waals surface area contributed by atoms with Crippen LogP contribution in [0.3, 0.4) is 0 Å². The van der Waals surface area contributed by atoms with Gasteiger partial charge in [0.05, 0.1) is 0 Å². The number of aromatic hydroxyl groups is 1. The van der Waals surface area contributed by atoms with Crippen LogP contribution in [0.25, 0.3) is 10.9 Å². The zero-order valence-electron chi connectivity index (χ0n) is 12.2. The minimum absolute atomic E-state index is 0.252. The van der Waals surface area contributed by atoms with Gasteiger partial charge in [0.1, 0.15) is 11.3 Å². The van der Waals surface area contributed by atoms with E-state index in [4.69, 9.17) is 5.73 Å².